The molecule has 6 bridgehead atoms. The monoisotopic (exact) mass is 676 g/mol. The van der Waals surface area contributed by atoms with E-state index >= 15 is 0 Å². The van der Waals surface area contributed by atoms with E-state index in [-0.39, 0.29) is 5.89 Å². The van der Waals surface area contributed by atoms with Crippen molar-refractivity contribution in [3.05, 3.63) is 126 Å². The summed E-state index contributed by atoms with van der Waals surface area (Å²) in [5.74, 6) is 3.17. The fraction of sp³-hybridized carbons (Fsp3) is 0.195. The summed E-state index contributed by atoms with van der Waals surface area (Å²) in [5.41, 5.74) is 5.75. The number of benzene rings is 4. The predicted molar refractivity (Wildman–Crippen MR) is 190 cm³/mol. The Morgan fingerprint density at radius 1 is 0.941 bits per heavy atom. The molecule has 6 heterocycles. The van der Waals surface area contributed by atoms with Crippen molar-refractivity contribution >= 4 is 22.7 Å². The SMILES string of the molecule is Cc1nc2c(o1)[C@]13c4cc(OCc5ccccc5)ccc4O[C@H]1Nc1c(cccc13)-c1cccc3c1c(cn3C(=O)OC(C)(C)C)-c1cnc-2o1. The van der Waals surface area contributed by atoms with Crippen LogP contribution in [-0.4, -0.2) is 32.5 Å². The van der Waals surface area contributed by atoms with Crippen molar-refractivity contribution < 1.29 is 27.8 Å². The van der Waals surface area contributed by atoms with E-state index < -0.39 is 23.3 Å². The number of anilines is 1. The molecule has 0 unspecified atom stereocenters. The predicted octanol–water partition coefficient (Wildman–Crippen LogP) is 9.08. The van der Waals surface area contributed by atoms with Gasteiger partial charge in [0.1, 0.15) is 29.1 Å². The summed E-state index contributed by atoms with van der Waals surface area (Å²) in [6.45, 7) is 7.78. The molecule has 10 rings (SSSR count). The van der Waals surface area contributed by atoms with Crippen LogP contribution in [0.25, 0.3) is 44.9 Å². The topological polar surface area (TPSA) is 114 Å². The smallest absolute Gasteiger partial charge is 0.419 e. The van der Waals surface area contributed by atoms with Crippen LogP contribution in [0.3, 0.4) is 0 Å². The standard InChI is InChI=1S/C41H32N4O6/c1-22-43-35-36(48-22)41-28-14-8-13-26(34(28)44-38(41)50-31-17-16-24(18-29(31)41)47-21-23-10-6-5-7-11-23)25-12-9-15-30-33(25)27(32-19-42-37(35)49-32)20-45(30)39(46)51-40(2,3)4/h5-20,38,44H,21H2,1-4H3/t38-,41+/m1/s1. The number of ether oxygens (including phenoxy) is 3. The van der Waals surface area contributed by atoms with Gasteiger partial charge in [-0.05, 0) is 56.2 Å². The second-order valence-corrected chi connectivity index (χ2v) is 14.1. The first kappa shape index (κ1) is 29.6. The molecule has 0 saturated heterocycles. The van der Waals surface area contributed by atoms with Gasteiger partial charge in [-0.2, -0.15) is 0 Å². The van der Waals surface area contributed by atoms with Gasteiger partial charge in [0.05, 0.1) is 11.7 Å². The minimum absolute atomic E-state index is 0.288. The highest BCUT2D eigenvalue weighted by Gasteiger charge is 2.61. The first-order valence-electron chi connectivity index (χ1n) is 16.9. The zero-order chi connectivity index (χ0) is 34.6. The summed E-state index contributed by atoms with van der Waals surface area (Å²) in [4.78, 5) is 23.2. The zero-order valence-corrected chi connectivity index (χ0v) is 28.3. The lowest BCUT2D eigenvalue weighted by Crippen LogP contribution is -2.39. The van der Waals surface area contributed by atoms with Gasteiger partial charge in [0, 0.05) is 46.4 Å². The Balaban J connectivity index is 1.24. The van der Waals surface area contributed by atoms with Gasteiger partial charge in [-0.1, -0.05) is 60.7 Å². The largest absolute Gasteiger partial charge is 0.489 e. The molecule has 0 radical (unpaired) electrons. The molecular formula is C41H32N4O6. The second-order valence-electron chi connectivity index (χ2n) is 14.1. The quantitative estimate of drug-likeness (QED) is 0.196. The molecule has 2 atom stereocenters. The maximum atomic E-state index is 13.6. The van der Waals surface area contributed by atoms with Gasteiger partial charge in [-0.3, -0.25) is 4.57 Å². The number of nitrogens with one attached hydrogen (secondary N) is 1. The molecule has 4 aromatic carbocycles. The van der Waals surface area contributed by atoms with Gasteiger partial charge in [0.15, 0.2) is 29.3 Å². The molecule has 3 aliphatic rings. The summed E-state index contributed by atoms with van der Waals surface area (Å²) in [6, 6.07) is 28.1. The molecule has 3 aromatic heterocycles. The normalized spacial score (nSPS) is 17.8. The molecule has 10 nitrogen and oxygen atoms in total. The molecule has 252 valence electrons. The van der Waals surface area contributed by atoms with Crippen LogP contribution >= 0.6 is 0 Å². The Hall–Kier alpha value is -6.29. The van der Waals surface area contributed by atoms with Crippen molar-refractivity contribution in [2.75, 3.05) is 5.32 Å². The van der Waals surface area contributed by atoms with Crippen molar-refractivity contribution in [1.82, 2.24) is 14.5 Å². The van der Waals surface area contributed by atoms with E-state index in [9.17, 15) is 4.79 Å². The fourth-order valence-corrected chi connectivity index (χ4v) is 7.79. The molecule has 0 aliphatic carbocycles. The Morgan fingerprint density at radius 2 is 1.76 bits per heavy atom. The van der Waals surface area contributed by atoms with Gasteiger partial charge in [0.2, 0.25) is 5.89 Å². The van der Waals surface area contributed by atoms with Crippen LogP contribution in [0.5, 0.6) is 11.5 Å². The Morgan fingerprint density at radius 3 is 2.61 bits per heavy atom. The van der Waals surface area contributed by atoms with Gasteiger partial charge >= 0.3 is 6.09 Å². The lowest BCUT2D eigenvalue weighted by molar-refractivity contribution is 0.0544. The number of fused-ring (bicyclic) bond motifs is 7. The van der Waals surface area contributed by atoms with E-state index in [1.54, 1.807) is 12.4 Å². The van der Waals surface area contributed by atoms with Crippen LogP contribution in [0.15, 0.2) is 106 Å². The average molecular weight is 677 g/mol. The summed E-state index contributed by atoms with van der Waals surface area (Å²) in [7, 11) is 0. The number of rotatable bonds is 3. The van der Waals surface area contributed by atoms with Crippen LogP contribution in [-0.2, 0) is 16.8 Å². The van der Waals surface area contributed by atoms with E-state index in [0.717, 1.165) is 38.9 Å². The lowest BCUT2D eigenvalue weighted by atomic mass is 9.72. The third-order valence-corrected chi connectivity index (χ3v) is 9.80. The fourth-order valence-electron chi connectivity index (χ4n) is 7.79. The molecule has 1 N–H and O–H groups in total. The number of oxazole rings is 2. The molecule has 1 spiro atoms. The number of aromatic nitrogens is 3. The van der Waals surface area contributed by atoms with Crippen LogP contribution in [0.4, 0.5) is 10.5 Å². The molecule has 10 heteroatoms. The highest BCUT2D eigenvalue weighted by molar-refractivity contribution is 6.10. The van der Waals surface area contributed by atoms with Crippen molar-refractivity contribution in [3.8, 4) is 45.5 Å². The molecular weight excluding hydrogens is 644 g/mol. The summed E-state index contributed by atoms with van der Waals surface area (Å²) in [5, 5.41) is 4.57. The maximum Gasteiger partial charge on any atom is 0.419 e. The maximum absolute atomic E-state index is 13.6. The number of carbonyl (C=O) groups is 1. The number of carbonyl (C=O) groups excluding carboxylic acids is 1. The minimum Gasteiger partial charge on any atom is -0.489 e. The Labute approximate surface area is 292 Å². The number of nitrogens with zero attached hydrogens (tertiary/aromatic N) is 3. The van der Waals surface area contributed by atoms with E-state index in [0.29, 0.717) is 52.3 Å². The molecule has 7 aromatic rings. The van der Waals surface area contributed by atoms with Crippen LogP contribution in [0, 0.1) is 6.92 Å². The van der Waals surface area contributed by atoms with Gasteiger partial charge < -0.3 is 28.4 Å². The van der Waals surface area contributed by atoms with Crippen LogP contribution < -0.4 is 14.8 Å². The molecule has 3 aliphatic heterocycles. The Kier molecular flexibility index (Phi) is 6.02. The summed E-state index contributed by atoms with van der Waals surface area (Å²) in [6.07, 6.45) is 2.34. The highest BCUT2D eigenvalue weighted by Crippen LogP contribution is 2.61. The number of hydrogen-bond donors (Lipinski definition) is 1. The van der Waals surface area contributed by atoms with Crippen LogP contribution in [0.1, 0.15) is 49.1 Å². The lowest BCUT2D eigenvalue weighted by Gasteiger charge is -2.27. The number of para-hydroxylation sites is 1. The molecule has 0 saturated carbocycles. The third kappa shape index (κ3) is 4.25. The minimum atomic E-state index is -0.990. The van der Waals surface area contributed by atoms with Gasteiger partial charge in [0.25, 0.3) is 0 Å². The van der Waals surface area contributed by atoms with Gasteiger partial charge in [-0.15, -0.1) is 0 Å². The Bertz CT molecular complexity index is 2560. The van der Waals surface area contributed by atoms with Crippen molar-refractivity contribution in [2.45, 2.75) is 51.5 Å². The molecule has 0 amide bonds. The average Bonchev–Trinajstić information content (AvgIpc) is 3.93. The summed E-state index contributed by atoms with van der Waals surface area (Å²) >= 11 is 0. The van der Waals surface area contributed by atoms with Gasteiger partial charge in [-0.25, -0.2) is 14.8 Å². The highest BCUT2D eigenvalue weighted by atomic mass is 16.6. The van der Waals surface area contributed by atoms with Crippen molar-refractivity contribution in [1.29, 1.82) is 0 Å². The van der Waals surface area contributed by atoms with Crippen molar-refractivity contribution in [2.24, 2.45) is 0 Å². The second kappa shape index (κ2) is 10.4. The first-order chi connectivity index (χ1) is 24.7. The molecule has 0 fully saturated rings. The summed E-state index contributed by atoms with van der Waals surface area (Å²) < 4.78 is 33.7. The van der Waals surface area contributed by atoms with E-state index in [1.165, 1.54) is 4.57 Å². The van der Waals surface area contributed by atoms with Crippen molar-refractivity contribution in [3.63, 3.8) is 0 Å². The number of hydrogen-bond acceptors (Lipinski definition) is 9. The third-order valence-electron chi connectivity index (χ3n) is 9.80. The van der Waals surface area contributed by atoms with E-state index in [4.69, 9.17) is 33.0 Å². The van der Waals surface area contributed by atoms with Crippen LogP contribution in [0.2, 0.25) is 0 Å². The first-order valence-corrected chi connectivity index (χ1v) is 16.9. The number of aryl methyl sites for hydroxylation is 1. The molecule has 51 heavy (non-hydrogen) atoms. The zero-order valence-electron chi connectivity index (χ0n) is 28.3. The van der Waals surface area contributed by atoms with E-state index in [1.807, 2.05) is 94.4 Å². The van der Waals surface area contributed by atoms with E-state index in [2.05, 4.69) is 23.5 Å².